The molecule has 0 saturated carbocycles. The SMILES string of the molecule is CN(C)C1CCN(c2nc3c(C(N)=O)cccc3o2)C1. The van der Waals surface area contributed by atoms with Crippen LogP contribution in [0.2, 0.25) is 0 Å². The minimum atomic E-state index is -0.483. The van der Waals surface area contributed by atoms with Crippen molar-refractivity contribution in [3.05, 3.63) is 23.8 Å². The van der Waals surface area contributed by atoms with Gasteiger partial charge in [0.15, 0.2) is 5.58 Å². The Morgan fingerprint density at radius 1 is 1.50 bits per heavy atom. The van der Waals surface area contributed by atoms with Crippen LogP contribution in [0, 0.1) is 0 Å². The summed E-state index contributed by atoms with van der Waals surface area (Å²) in [6, 6.07) is 6.30. The average molecular weight is 274 g/mol. The molecule has 0 radical (unpaired) electrons. The van der Waals surface area contributed by atoms with Crippen molar-refractivity contribution in [2.75, 3.05) is 32.1 Å². The van der Waals surface area contributed by atoms with E-state index in [0.29, 0.717) is 28.7 Å². The van der Waals surface area contributed by atoms with Crippen LogP contribution in [0.15, 0.2) is 22.6 Å². The highest BCUT2D eigenvalue weighted by Crippen LogP contribution is 2.27. The van der Waals surface area contributed by atoms with Crippen molar-refractivity contribution in [1.29, 1.82) is 0 Å². The molecule has 6 nitrogen and oxygen atoms in total. The summed E-state index contributed by atoms with van der Waals surface area (Å²) in [4.78, 5) is 20.2. The van der Waals surface area contributed by atoms with E-state index in [2.05, 4.69) is 28.9 Å². The Bertz CT molecular complexity index is 650. The summed E-state index contributed by atoms with van der Waals surface area (Å²) in [7, 11) is 4.15. The number of carbonyl (C=O) groups excluding carboxylic acids is 1. The number of carbonyl (C=O) groups is 1. The second kappa shape index (κ2) is 4.79. The molecular formula is C14H18N4O2. The first-order valence-electron chi connectivity index (χ1n) is 6.67. The van der Waals surface area contributed by atoms with E-state index in [-0.39, 0.29) is 0 Å². The van der Waals surface area contributed by atoms with Crippen molar-refractivity contribution in [2.45, 2.75) is 12.5 Å². The molecule has 2 aromatic rings. The summed E-state index contributed by atoms with van der Waals surface area (Å²) >= 11 is 0. The molecule has 3 rings (SSSR count). The minimum Gasteiger partial charge on any atom is -0.423 e. The molecule has 1 unspecified atom stereocenters. The largest absolute Gasteiger partial charge is 0.423 e. The molecule has 1 saturated heterocycles. The van der Waals surface area contributed by atoms with E-state index in [0.717, 1.165) is 19.5 Å². The summed E-state index contributed by atoms with van der Waals surface area (Å²) < 4.78 is 5.76. The maximum atomic E-state index is 11.4. The van der Waals surface area contributed by atoms with Crippen LogP contribution in [0.4, 0.5) is 6.01 Å². The number of fused-ring (bicyclic) bond motifs is 1. The van der Waals surface area contributed by atoms with E-state index in [9.17, 15) is 4.79 Å². The number of amides is 1. The van der Waals surface area contributed by atoms with Gasteiger partial charge in [-0.3, -0.25) is 4.79 Å². The molecule has 1 aromatic heterocycles. The number of nitrogens with zero attached hydrogens (tertiary/aromatic N) is 3. The molecule has 2 N–H and O–H groups in total. The Morgan fingerprint density at radius 2 is 2.30 bits per heavy atom. The topological polar surface area (TPSA) is 75.6 Å². The molecule has 1 aliphatic rings. The van der Waals surface area contributed by atoms with Gasteiger partial charge in [-0.25, -0.2) is 0 Å². The Hall–Kier alpha value is -2.08. The Kier molecular flexibility index (Phi) is 3.10. The zero-order valence-electron chi connectivity index (χ0n) is 11.7. The second-order valence-electron chi connectivity index (χ2n) is 5.37. The van der Waals surface area contributed by atoms with Gasteiger partial charge in [0.2, 0.25) is 0 Å². The summed E-state index contributed by atoms with van der Waals surface area (Å²) in [5, 5.41) is 0. The number of primary amides is 1. The number of aromatic nitrogens is 1. The van der Waals surface area contributed by atoms with Crippen LogP contribution in [0.3, 0.4) is 0 Å². The molecule has 1 fully saturated rings. The third kappa shape index (κ3) is 2.12. The van der Waals surface area contributed by atoms with Gasteiger partial charge in [-0.2, -0.15) is 4.98 Å². The molecule has 2 heterocycles. The standard InChI is InChI=1S/C14H18N4O2/c1-17(2)9-6-7-18(8-9)14-16-12-10(13(15)19)4-3-5-11(12)20-14/h3-5,9H,6-8H2,1-2H3,(H2,15,19). The molecule has 6 heteroatoms. The molecule has 0 spiro atoms. The number of rotatable bonds is 3. The molecule has 0 aliphatic carbocycles. The number of nitrogens with two attached hydrogens (primary N) is 1. The van der Waals surface area contributed by atoms with Crippen molar-refractivity contribution in [1.82, 2.24) is 9.88 Å². The van der Waals surface area contributed by atoms with Crippen molar-refractivity contribution in [3.63, 3.8) is 0 Å². The van der Waals surface area contributed by atoms with Gasteiger partial charge in [0.25, 0.3) is 11.9 Å². The van der Waals surface area contributed by atoms with Crippen LogP contribution >= 0.6 is 0 Å². The van der Waals surface area contributed by atoms with Crippen molar-refractivity contribution in [2.24, 2.45) is 5.73 Å². The van der Waals surface area contributed by atoms with Gasteiger partial charge in [0.05, 0.1) is 5.56 Å². The monoisotopic (exact) mass is 274 g/mol. The van der Waals surface area contributed by atoms with Gasteiger partial charge in [0, 0.05) is 19.1 Å². The number of para-hydroxylation sites is 1. The van der Waals surface area contributed by atoms with Crippen LogP contribution in [-0.4, -0.2) is 49.0 Å². The van der Waals surface area contributed by atoms with E-state index in [1.807, 2.05) is 0 Å². The summed E-state index contributed by atoms with van der Waals surface area (Å²) in [5.41, 5.74) is 6.91. The lowest BCUT2D eigenvalue weighted by atomic mass is 10.2. The van der Waals surface area contributed by atoms with Crippen molar-refractivity contribution in [3.8, 4) is 0 Å². The van der Waals surface area contributed by atoms with Crippen LogP contribution in [-0.2, 0) is 0 Å². The number of oxazole rings is 1. The molecule has 106 valence electrons. The van der Waals surface area contributed by atoms with Gasteiger partial charge in [-0.15, -0.1) is 0 Å². The first-order valence-corrected chi connectivity index (χ1v) is 6.67. The summed E-state index contributed by atoms with van der Waals surface area (Å²) in [5.74, 6) is -0.483. The Morgan fingerprint density at radius 3 is 2.95 bits per heavy atom. The molecule has 20 heavy (non-hydrogen) atoms. The second-order valence-corrected chi connectivity index (χ2v) is 5.37. The predicted molar refractivity (Wildman–Crippen MR) is 76.8 cm³/mol. The van der Waals surface area contributed by atoms with Crippen LogP contribution in [0.25, 0.3) is 11.1 Å². The lowest BCUT2D eigenvalue weighted by molar-refractivity contribution is 0.100. The van der Waals surface area contributed by atoms with Crippen LogP contribution in [0.1, 0.15) is 16.8 Å². The fourth-order valence-corrected chi connectivity index (χ4v) is 2.61. The van der Waals surface area contributed by atoms with Crippen molar-refractivity contribution >= 4 is 23.0 Å². The van der Waals surface area contributed by atoms with E-state index in [1.54, 1.807) is 18.2 Å². The third-order valence-electron chi connectivity index (χ3n) is 3.84. The highest BCUT2D eigenvalue weighted by molar-refractivity contribution is 6.03. The minimum absolute atomic E-state index is 0.404. The maximum Gasteiger partial charge on any atom is 0.298 e. The fourth-order valence-electron chi connectivity index (χ4n) is 2.61. The number of benzene rings is 1. The number of hydrogen-bond donors (Lipinski definition) is 1. The Labute approximate surface area is 117 Å². The third-order valence-corrected chi connectivity index (χ3v) is 3.84. The molecular weight excluding hydrogens is 256 g/mol. The average Bonchev–Trinajstić information content (AvgIpc) is 3.04. The maximum absolute atomic E-state index is 11.4. The molecule has 1 amide bonds. The molecule has 1 aromatic carbocycles. The predicted octanol–water partition coefficient (Wildman–Crippen LogP) is 1.07. The van der Waals surface area contributed by atoms with Crippen molar-refractivity contribution < 1.29 is 9.21 Å². The smallest absolute Gasteiger partial charge is 0.298 e. The zero-order chi connectivity index (χ0) is 14.3. The summed E-state index contributed by atoms with van der Waals surface area (Å²) in [6.45, 7) is 1.79. The van der Waals surface area contributed by atoms with E-state index >= 15 is 0 Å². The van der Waals surface area contributed by atoms with Gasteiger partial charge in [-0.05, 0) is 32.6 Å². The lowest BCUT2D eigenvalue weighted by Gasteiger charge is -2.19. The first kappa shape index (κ1) is 12.9. The quantitative estimate of drug-likeness (QED) is 0.906. The normalized spacial score (nSPS) is 19.1. The Balaban J connectivity index is 1.94. The fraction of sp³-hybridized carbons (Fsp3) is 0.429. The van der Waals surface area contributed by atoms with Gasteiger partial charge >= 0.3 is 0 Å². The number of hydrogen-bond acceptors (Lipinski definition) is 5. The molecule has 1 aliphatic heterocycles. The number of anilines is 1. The van der Waals surface area contributed by atoms with E-state index < -0.39 is 5.91 Å². The summed E-state index contributed by atoms with van der Waals surface area (Å²) in [6.07, 6.45) is 1.08. The van der Waals surface area contributed by atoms with E-state index in [1.165, 1.54) is 0 Å². The number of likely N-dealkylation sites (N-methyl/N-ethyl adjacent to an activating group) is 1. The van der Waals surface area contributed by atoms with Gasteiger partial charge in [0.1, 0.15) is 5.52 Å². The van der Waals surface area contributed by atoms with Crippen LogP contribution < -0.4 is 10.6 Å². The zero-order valence-corrected chi connectivity index (χ0v) is 11.7. The van der Waals surface area contributed by atoms with Gasteiger partial charge < -0.3 is 20.0 Å². The first-order chi connectivity index (χ1) is 9.56. The molecule has 1 atom stereocenters. The van der Waals surface area contributed by atoms with Crippen LogP contribution in [0.5, 0.6) is 0 Å². The molecule has 0 bridgehead atoms. The highest BCUT2D eigenvalue weighted by Gasteiger charge is 2.27. The highest BCUT2D eigenvalue weighted by atomic mass is 16.4. The lowest BCUT2D eigenvalue weighted by Crippen LogP contribution is -2.31. The van der Waals surface area contributed by atoms with E-state index in [4.69, 9.17) is 10.2 Å². The van der Waals surface area contributed by atoms with Gasteiger partial charge in [-0.1, -0.05) is 6.07 Å².